The molecule has 2 aliphatic carbocycles. The summed E-state index contributed by atoms with van der Waals surface area (Å²) in [6.07, 6.45) is 8.04. The van der Waals surface area contributed by atoms with E-state index >= 15 is 0 Å². The number of rotatable bonds is 3. The van der Waals surface area contributed by atoms with E-state index in [2.05, 4.69) is 5.32 Å². The quantitative estimate of drug-likeness (QED) is 0.816. The minimum atomic E-state index is -0.00937. The molecule has 2 amide bonds. The highest BCUT2D eigenvalue weighted by Gasteiger charge is 2.35. The Morgan fingerprint density at radius 2 is 1.62 bits per heavy atom. The Bertz CT molecular complexity index is 400. The van der Waals surface area contributed by atoms with Crippen LogP contribution in [-0.2, 0) is 9.59 Å². The molecule has 3 aliphatic rings. The molecule has 0 aromatic carbocycles. The summed E-state index contributed by atoms with van der Waals surface area (Å²) in [7, 11) is 0. The van der Waals surface area contributed by atoms with Gasteiger partial charge in [0, 0.05) is 31.1 Å². The van der Waals surface area contributed by atoms with E-state index < -0.39 is 0 Å². The van der Waals surface area contributed by atoms with Crippen LogP contribution in [0.1, 0.15) is 51.4 Å². The van der Waals surface area contributed by atoms with Crippen molar-refractivity contribution in [3.05, 3.63) is 0 Å². The Kier molecular flexibility index (Phi) is 4.48. The van der Waals surface area contributed by atoms with E-state index in [1.807, 2.05) is 4.90 Å². The van der Waals surface area contributed by atoms with Gasteiger partial charge in [0.05, 0.1) is 5.92 Å². The monoisotopic (exact) mass is 293 g/mol. The van der Waals surface area contributed by atoms with E-state index in [4.69, 9.17) is 5.73 Å². The Morgan fingerprint density at radius 3 is 2.24 bits per heavy atom. The number of nitrogens with two attached hydrogens (primary N) is 1. The molecular formula is C16H27N3O2. The maximum atomic E-state index is 12.3. The lowest BCUT2D eigenvalue weighted by molar-refractivity contribution is -0.133. The van der Waals surface area contributed by atoms with Crippen molar-refractivity contribution in [3.63, 3.8) is 0 Å². The first-order chi connectivity index (χ1) is 10.1. The molecule has 2 unspecified atom stereocenters. The van der Waals surface area contributed by atoms with Crippen LogP contribution in [-0.4, -0.2) is 41.9 Å². The highest BCUT2D eigenvalue weighted by molar-refractivity contribution is 5.81. The van der Waals surface area contributed by atoms with E-state index in [-0.39, 0.29) is 23.9 Å². The molecule has 1 heterocycles. The van der Waals surface area contributed by atoms with Crippen molar-refractivity contribution >= 4 is 11.8 Å². The molecule has 0 bridgehead atoms. The summed E-state index contributed by atoms with van der Waals surface area (Å²) < 4.78 is 0. The van der Waals surface area contributed by atoms with Gasteiger partial charge in [-0.3, -0.25) is 9.59 Å². The fourth-order valence-corrected chi connectivity index (χ4v) is 3.63. The second-order valence-corrected chi connectivity index (χ2v) is 6.94. The van der Waals surface area contributed by atoms with Gasteiger partial charge < -0.3 is 16.0 Å². The lowest BCUT2D eigenvalue weighted by Crippen LogP contribution is -2.51. The molecular weight excluding hydrogens is 266 g/mol. The zero-order valence-corrected chi connectivity index (χ0v) is 12.7. The van der Waals surface area contributed by atoms with Crippen molar-refractivity contribution in [2.45, 2.75) is 63.5 Å². The van der Waals surface area contributed by atoms with Crippen molar-refractivity contribution in [2.24, 2.45) is 17.6 Å². The fourth-order valence-electron chi connectivity index (χ4n) is 3.63. The maximum Gasteiger partial charge on any atom is 0.225 e. The van der Waals surface area contributed by atoms with Crippen molar-refractivity contribution in [2.75, 3.05) is 13.1 Å². The Hall–Kier alpha value is -1.10. The van der Waals surface area contributed by atoms with Gasteiger partial charge in [0.15, 0.2) is 0 Å². The number of piperidine rings is 1. The van der Waals surface area contributed by atoms with Gasteiger partial charge in [0.1, 0.15) is 0 Å². The predicted octanol–water partition coefficient (Wildman–Crippen LogP) is 1.02. The molecule has 1 saturated heterocycles. The summed E-state index contributed by atoms with van der Waals surface area (Å²) in [5.41, 5.74) is 6.07. The number of hydrogen-bond acceptors (Lipinski definition) is 3. The fraction of sp³-hybridized carbons (Fsp3) is 0.875. The first-order valence-electron chi connectivity index (χ1n) is 8.50. The average Bonchev–Trinajstić information content (AvgIpc) is 3.32. The lowest BCUT2D eigenvalue weighted by atomic mass is 9.84. The number of likely N-dealkylation sites (tertiary alicyclic amines) is 1. The molecule has 3 rings (SSSR count). The van der Waals surface area contributed by atoms with Gasteiger partial charge in [-0.05, 0) is 38.5 Å². The standard InChI is InChI=1S/C16H27N3O2/c17-14-4-2-1-3-13(14)15(20)18-12-7-9-19(10-8-12)16(21)11-5-6-11/h11-14H,1-10,17H2,(H,18,20). The first-order valence-corrected chi connectivity index (χ1v) is 8.50. The predicted molar refractivity (Wildman–Crippen MR) is 80.4 cm³/mol. The minimum absolute atomic E-state index is 0.00937. The van der Waals surface area contributed by atoms with E-state index in [0.717, 1.165) is 64.5 Å². The van der Waals surface area contributed by atoms with Crippen LogP contribution >= 0.6 is 0 Å². The molecule has 0 aromatic rings. The number of nitrogens with one attached hydrogen (secondary N) is 1. The Morgan fingerprint density at radius 1 is 0.952 bits per heavy atom. The van der Waals surface area contributed by atoms with Crippen LogP contribution in [0.25, 0.3) is 0 Å². The van der Waals surface area contributed by atoms with Crippen molar-refractivity contribution in [3.8, 4) is 0 Å². The molecule has 0 radical (unpaired) electrons. The number of carbonyl (C=O) groups is 2. The second-order valence-electron chi connectivity index (χ2n) is 6.94. The Labute approximate surface area is 126 Å². The van der Waals surface area contributed by atoms with E-state index in [1.165, 1.54) is 0 Å². The largest absolute Gasteiger partial charge is 0.353 e. The molecule has 0 aromatic heterocycles. The van der Waals surface area contributed by atoms with Gasteiger partial charge in [-0.15, -0.1) is 0 Å². The number of hydrogen-bond donors (Lipinski definition) is 2. The number of carbonyl (C=O) groups excluding carboxylic acids is 2. The number of nitrogens with zero attached hydrogens (tertiary/aromatic N) is 1. The molecule has 5 heteroatoms. The third kappa shape index (κ3) is 3.57. The molecule has 2 saturated carbocycles. The molecule has 2 atom stereocenters. The normalized spacial score (nSPS) is 31.0. The molecule has 5 nitrogen and oxygen atoms in total. The smallest absolute Gasteiger partial charge is 0.225 e. The molecule has 1 aliphatic heterocycles. The second kappa shape index (κ2) is 6.34. The first kappa shape index (κ1) is 14.8. The van der Waals surface area contributed by atoms with E-state index in [0.29, 0.717) is 11.8 Å². The van der Waals surface area contributed by atoms with E-state index in [1.54, 1.807) is 0 Å². The van der Waals surface area contributed by atoms with Crippen LogP contribution in [0.3, 0.4) is 0 Å². The van der Waals surface area contributed by atoms with Crippen LogP contribution in [0.15, 0.2) is 0 Å². The third-order valence-corrected chi connectivity index (χ3v) is 5.24. The molecule has 3 fully saturated rings. The van der Waals surface area contributed by atoms with Crippen LogP contribution < -0.4 is 11.1 Å². The summed E-state index contributed by atoms with van der Waals surface area (Å²) in [6.45, 7) is 1.58. The van der Waals surface area contributed by atoms with Gasteiger partial charge in [-0.25, -0.2) is 0 Å². The zero-order chi connectivity index (χ0) is 14.8. The summed E-state index contributed by atoms with van der Waals surface area (Å²) in [5, 5.41) is 3.17. The van der Waals surface area contributed by atoms with Gasteiger partial charge >= 0.3 is 0 Å². The van der Waals surface area contributed by atoms with Gasteiger partial charge in [0.25, 0.3) is 0 Å². The van der Waals surface area contributed by atoms with Crippen LogP contribution in [0, 0.1) is 11.8 Å². The average molecular weight is 293 g/mol. The highest BCUT2D eigenvalue weighted by atomic mass is 16.2. The van der Waals surface area contributed by atoms with Gasteiger partial charge in [0.2, 0.25) is 11.8 Å². The zero-order valence-electron chi connectivity index (χ0n) is 12.7. The number of amides is 2. The van der Waals surface area contributed by atoms with Crippen molar-refractivity contribution in [1.29, 1.82) is 0 Å². The summed E-state index contributed by atoms with van der Waals surface area (Å²) in [5.74, 6) is 0.754. The summed E-state index contributed by atoms with van der Waals surface area (Å²) >= 11 is 0. The van der Waals surface area contributed by atoms with Gasteiger partial charge in [-0.2, -0.15) is 0 Å². The third-order valence-electron chi connectivity index (χ3n) is 5.24. The lowest BCUT2D eigenvalue weighted by Gasteiger charge is -2.34. The Balaban J connectivity index is 1.44. The summed E-state index contributed by atoms with van der Waals surface area (Å²) in [6, 6.07) is 0.241. The molecule has 3 N–H and O–H groups in total. The minimum Gasteiger partial charge on any atom is -0.353 e. The van der Waals surface area contributed by atoms with Crippen LogP contribution in [0.4, 0.5) is 0 Å². The highest BCUT2D eigenvalue weighted by Crippen LogP contribution is 2.32. The van der Waals surface area contributed by atoms with E-state index in [9.17, 15) is 9.59 Å². The van der Waals surface area contributed by atoms with Crippen LogP contribution in [0.2, 0.25) is 0 Å². The van der Waals surface area contributed by atoms with Crippen molar-refractivity contribution in [1.82, 2.24) is 10.2 Å². The molecule has 21 heavy (non-hydrogen) atoms. The molecule has 0 spiro atoms. The molecule has 118 valence electrons. The van der Waals surface area contributed by atoms with Crippen LogP contribution in [0.5, 0.6) is 0 Å². The topological polar surface area (TPSA) is 75.4 Å². The SMILES string of the molecule is NC1CCCCC1C(=O)NC1CCN(C(=O)C2CC2)CC1. The maximum absolute atomic E-state index is 12.3. The van der Waals surface area contributed by atoms with Gasteiger partial charge in [-0.1, -0.05) is 12.8 Å². The van der Waals surface area contributed by atoms with Crippen molar-refractivity contribution < 1.29 is 9.59 Å². The summed E-state index contributed by atoms with van der Waals surface area (Å²) in [4.78, 5) is 26.3.